The Morgan fingerprint density at radius 3 is 2.14 bits per heavy atom. The third-order valence-corrected chi connectivity index (χ3v) is 5.53. The number of rotatable bonds is 6. The van der Waals surface area contributed by atoms with Gasteiger partial charge in [-0.15, -0.1) is 0 Å². The molecule has 0 radical (unpaired) electrons. The van der Waals surface area contributed by atoms with Gasteiger partial charge < -0.3 is 9.84 Å². The highest BCUT2D eigenvalue weighted by Gasteiger charge is 2.10. The molecule has 0 aliphatic rings. The largest absolute Gasteiger partial charge is 0.359 e. The smallest absolute Gasteiger partial charge is 0.217 e. The summed E-state index contributed by atoms with van der Waals surface area (Å²) in [7, 11) is 1.65. The zero-order chi connectivity index (χ0) is 26.2. The van der Waals surface area contributed by atoms with Crippen molar-refractivity contribution in [2.24, 2.45) is 5.84 Å². The fourth-order valence-electron chi connectivity index (χ4n) is 3.75. The van der Waals surface area contributed by atoms with E-state index in [2.05, 4.69) is 31.7 Å². The van der Waals surface area contributed by atoms with Gasteiger partial charge in [0, 0.05) is 47.5 Å². The lowest BCUT2D eigenvalue weighted by molar-refractivity contribution is -0.119. The molecule has 3 heterocycles. The number of benzene rings is 2. The first-order valence-corrected chi connectivity index (χ1v) is 11.5. The molecule has 4 N–H and O–H groups in total. The minimum Gasteiger partial charge on any atom is -0.359 e. The van der Waals surface area contributed by atoms with Crippen molar-refractivity contribution in [1.29, 1.82) is 0 Å². The molecule has 5 aromatic rings. The number of fused-ring (bicyclic) bond motifs is 1. The Morgan fingerprint density at radius 1 is 0.946 bits per heavy atom. The number of nitrogens with one attached hydrogen (secondary N) is 2. The van der Waals surface area contributed by atoms with Crippen LogP contribution in [0.5, 0.6) is 0 Å². The minimum absolute atomic E-state index is 0.119. The van der Waals surface area contributed by atoms with E-state index < -0.39 is 0 Å². The first-order chi connectivity index (χ1) is 18.0. The standard InChI is InChI=1S/C27H20N4O3.CH6N2/c1-17(33)29-14-23-13-27(31-34-23)21-8-4-19(5-9-21)18-2-6-20(7-3-18)26-12-22(16-32)24-15-28-11-10-25(24)30-26;1-3-2/h2-13,15-16H,14H2,1H3,(H,29,33);3H,2H2,1H3. The SMILES string of the molecule is CC(=O)NCc1cc(-c2ccc(-c3ccc(-c4cc(C=O)c5cnccc5n4)cc3)cc2)no1.CNN. The van der Waals surface area contributed by atoms with Gasteiger partial charge in [0.15, 0.2) is 12.0 Å². The summed E-state index contributed by atoms with van der Waals surface area (Å²) in [6.45, 7) is 1.77. The van der Waals surface area contributed by atoms with Crippen molar-refractivity contribution in [2.45, 2.75) is 13.5 Å². The van der Waals surface area contributed by atoms with E-state index in [1.807, 2.05) is 54.6 Å². The number of nitrogens with zero attached hydrogens (tertiary/aromatic N) is 3. The third-order valence-electron chi connectivity index (χ3n) is 5.53. The molecule has 0 unspecified atom stereocenters. The van der Waals surface area contributed by atoms with Crippen LogP contribution in [0.3, 0.4) is 0 Å². The molecule has 186 valence electrons. The summed E-state index contributed by atoms with van der Waals surface area (Å²) in [5, 5.41) is 7.52. The fraction of sp³-hybridized carbons (Fsp3) is 0.107. The number of aldehydes is 1. The number of carbonyl (C=O) groups is 2. The number of hydrazine groups is 1. The van der Waals surface area contributed by atoms with E-state index in [4.69, 9.17) is 4.52 Å². The highest BCUT2D eigenvalue weighted by molar-refractivity contribution is 5.97. The lowest BCUT2D eigenvalue weighted by atomic mass is 10.00. The molecule has 0 saturated heterocycles. The average molecular weight is 495 g/mol. The molecule has 37 heavy (non-hydrogen) atoms. The molecule has 0 bridgehead atoms. The van der Waals surface area contributed by atoms with Crippen LogP contribution in [0.15, 0.2) is 83.6 Å². The van der Waals surface area contributed by atoms with Crippen molar-refractivity contribution in [2.75, 3.05) is 7.05 Å². The second-order valence-electron chi connectivity index (χ2n) is 8.14. The van der Waals surface area contributed by atoms with Gasteiger partial charge in [-0.05, 0) is 30.3 Å². The topological polar surface area (TPSA) is 136 Å². The van der Waals surface area contributed by atoms with Gasteiger partial charge in [-0.3, -0.25) is 25.8 Å². The van der Waals surface area contributed by atoms with Crippen LogP contribution in [0.4, 0.5) is 0 Å². The molecule has 1 amide bonds. The van der Waals surface area contributed by atoms with Crippen molar-refractivity contribution in [3.8, 4) is 33.6 Å². The van der Waals surface area contributed by atoms with Crippen LogP contribution in [0.2, 0.25) is 0 Å². The molecule has 0 aliphatic heterocycles. The van der Waals surface area contributed by atoms with Crippen LogP contribution >= 0.6 is 0 Å². The second-order valence-corrected chi connectivity index (χ2v) is 8.14. The predicted molar refractivity (Wildman–Crippen MR) is 142 cm³/mol. The van der Waals surface area contributed by atoms with Gasteiger partial charge in [0.25, 0.3) is 0 Å². The van der Waals surface area contributed by atoms with Crippen LogP contribution in [-0.2, 0) is 11.3 Å². The van der Waals surface area contributed by atoms with E-state index in [0.29, 0.717) is 23.6 Å². The summed E-state index contributed by atoms with van der Waals surface area (Å²) >= 11 is 0. The van der Waals surface area contributed by atoms with Gasteiger partial charge in [-0.25, -0.2) is 4.98 Å². The second kappa shape index (κ2) is 11.8. The first-order valence-electron chi connectivity index (χ1n) is 11.5. The van der Waals surface area contributed by atoms with Gasteiger partial charge >= 0.3 is 0 Å². The Morgan fingerprint density at radius 2 is 1.54 bits per heavy atom. The minimum atomic E-state index is -0.119. The van der Waals surface area contributed by atoms with E-state index in [0.717, 1.165) is 45.1 Å². The summed E-state index contributed by atoms with van der Waals surface area (Å²) in [5.41, 5.74) is 8.98. The summed E-state index contributed by atoms with van der Waals surface area (Å²) in [4.78, 5) is 31.4. The van der Waals surface area contributed by atoms with Crippen molar-refractivity contribution in [3.63, 3.8) is 0 Å². The normalized spacial score (nSPS) is 10.5. The van der Waals surface area contributed by atoms with Crippen LogP contribution in [-0.4, -0.2) is 34.4 Å². The Labute approximate surface area is 213 Å². The van der Waals surface area contributed by atoms with Crippen LogP contribution in [0.25, 0.3) is 44.5 Å². The number of pyridine rings is 2. The van der Waals surface area contributed by atoms with E-state index >= 15 is 0 Å². The molecule has 2 aromatic carbocycles. The van der Waals surface area contributed by atoms with Crippen molar-refractivity contribution in [1.82, 2.24) is 25.9 Å². The Hall–Kier alpha value is -4.73. The summed E-state index contributed by atoms with van der Waals surface area (Å²) in [6, 6.07) is 21.5. The maximum atomic E-state index is 11.6. The van der Waals surface area contributed by atoms with E-state index in [-0.39, 0.29) is 5.91 Å². The highest BCUT2D eigenvalue weighted by Crippen LogP contribution is 2.28. The van der Waals surface area contributed by atoms with Crippen molar-refractivity contribution >= 4 is 23.1 Å². The van der Waals surface area contributed by atoms with Gasteiger partial charge in [0.1, 0.15) is 5.69 Å². The number of hydrogen-bond donors (Lipinski definition) is 3. The van der Waals surface area contributed by atoms with Crippen LogP contribution in [0, 0.1) is 0 Å². The lowest BCUT2D eigenvalue weighted by Gasteiger charge is -2.08. The maximum Gasteiger partial charge on any atom is 0.217 e. The fourth-order valence-corrected chi connectivity index (χ4v) is 3.75. The Kier molecular flexibility index (Phi) is 8.09. The Bertz CT molecular complexity index is 1510. The van der Waals surface area contributed by atoms with Crippen LogP contribution < -0.4 is 16.6 Å². The third kappa shape index (κ3) is 6.10. The molecule has 0 aliphatic carbocycles. The predicted octanol–water partition coefficient (Wildman–Crippen LogP) is 4.15. The summed E-state index contributed by atoms with van der Waals surface area (Å²) in [5.74, 6) is 5.08. The van der Waals surface area contributed by atoms with Crippen molar-refractivity contribution in [3.05, 3.63) is 90.4 Å². The van der Waals surface area contributed by atoms with Gasteiger partial charge in [0.05, 0.1) is 17.8 Å². The number of aromatic nitrogens is 3. The van der Waals surface area contributed by atoms with Gasteiger partial charge in [-0.1, -0.05) is 53.7 Å². The molecule has 9 nitrogen and oxygen atoms in total. The van der Waals surface area contributed by atoms with Gasteiger partial charge in [-0.2, -0.15) is 0 Å². The number of hydrogen-bond acceptors (Lipinski definition) is 8. The Balaban J connectivity index is 0.00000102. The summed E-state index contributed by atoms with van der Waals surface area (Å²) in [6.07, 6.45) is 4.16. The zero-order valence-electron chi connectivity index (χ0n) is 20.4. The first kappa shape index (κ1) is 25.4. The van der Waals surface area contributed by atoms with E-state index in [9.17, 15) is 9.59 Å². The molecular weight excluding hydrogens is 468 g/mol. The van der Waals surface area contributed by atoms with Crippen molar-refractivity contribution < 1.29 is 14.1 Å². The molecular formula is C28H26N6O3. The number of nitrogens with two attached hydrogens (primary N) is 1. The molecule has 0 atom stereocenters. The monoisotopic (exact) mass is 494 g/mol. The zero-order valence-corrected chi connectivity index (χ0v) is 20.4. The number of carbonyl (C=O) groups excluding carboxylic acids is 2. The lowest BCUT2D eigenvalue weighted by Crippen LogP contribution is -2.18. The van der Waals surface area contributed by atoms with Crippen LogP contribution in [0.1, 0.15) is 23.0 Å². The maximum absolute atomic E-state index is 11.6. The quantitative estimate of drug-likeness (QED) is 0.182. The molecule has 3 aromatic heterocycles. The van der Waals surface area contributed by atoms with E-state index in [1.54, 1.807) is 31.6 Å². The molecule has 5 rings (SSSR count). The average Bonchev–Trinajstić information content (AvgIpc) is 3.41. The molecule has 0 spiro atoms. The highest BCUT2D eigenvalue weighted by atomic mass is 16.5. The summed E-state index contributed by atoms with van der Waals surface area (Å²) < 4.78 is 5.29. The van der Waals surface area contributed by atoms with Gasteiger partial charge in [0.2, 0.25) is 5.91 Å². The molecule has 9 heteroatoms. The molecule has 0 fully saturated rings. The van der Waals surface area contributed by atoms with E-state index in [1.165, 1.54) is 6.92 Å². The number of amides is 1. The molecule has 0 saturated carbocycles.